The second-order valence-electron chi connectivity index (χ2n) is 9.39. The van der Waals surface area contributed by atoms with Gasteiger partial charge in [0.25, 0.3) is 5.91 Å². The number of carbonyl (C=O) groups excluding carboxylic acids is 3. The molecule has 2 aliphatic heterocycles. The van der Waals surface area contributed by atoms with Gasteiger partial charge >= 0.3 is 0 Å². The van der Waals surface area contributed by atoms with Gasteiger partial charge in [0, 0.05) is 36.0 Å². The Bertz CT molecular complexity index is 1060. The Morgan fingerprint density at radius 3 is 2.72 bits per heavy atom. The van der Waals surface area contributed by atoms with E-state index in [9.17, 15) is 14.4 Å². The standard InChI is InChI=1S/C24H29N5O3/c1-14(21-23(32)28-24(29(21)13-30)8-4-3-5-9-24)18-10-17-12-25-20(11-19(17)26-15(18)2)27-22(31)16-6-7-16/h11-13,16,26H,3-10H2,1-2H3,(H,28,32)(H,25,27,31)/b21-14-. The Balaban J connectivity index is 1.43. The molecule has 0 aromatic carbocycles. The smallest absolute Gasteiger partial charge is 0.270 e. The normalized spacial score (nSPS) is 23.4. The van der Waals surface area contributed by atoms with Crippen molar-refractivity contribution in [1.29, 1.82) is 0 Å². The summed E-state index contributed by atoms with van der Waals surface area (Å²) < 4.78 is 0. The molecule has 2 aliphatic carbocycles. The Morgan fingerprint density at radius 1 is 1.28 bits per heavy atom. The molecule has 0 atom stereocenters. The van der Waals surface area contributed by atoms with Gasteiger partial charge in [0.15, 0.2) is 0 Å². The van der Waals surface area contributed by atoms with Gasteiger partial charge < -0.3 is 16.0 Å². The predicted molar refractivity (Wildman–Crippen MR) is 120 cm³/mol. The molecular formula is C24H29N5O3. The number of hydrogen-bond acceptors (Lipinski definition) is 5. The van der Waals surface area contributed by atoms with Gasteiger partial charge in [0.05, 0.1) is 0 Å². The molecule has 3 amide bonds. The second-order valence-corrected chi connectivity index (χ2v) is 9.39. The average Bonchev–Trinajstić information content (AvgIpc) is 3.59. The van der Waals surface area contributed by atoms with Crippen molar-refractivity contribution in [2.24, 2.45) is 5.92 Å². The van der Waals surface area contributed by atoms with E-state index in [1.807, 2.05) is 19.9 Å². The molecule has 168 valence electrons. The van der Waals surface area contributed by atoms with Crippen molar-refractivity contribution in [3.8, 4) is 0 Å². The van der Waals surface area contributed by atoms with E-state index in [2.05, 4.69) is 20.9 Å². The van der Waals surface area contributed by atoms with Gasteiger partial charge in [-0.05, 0) is 69.1 Å². The first-order chi connectivity index (χ1) is 15.4. The lowest BCUT2D eigenvalue weighted by Gasteiger charge is -2.38. The predicted octanol–water partition coefficient (Wildman–Crippen LogP) is 3.19. The minimum Gasteiger partial charge on any atom is -0.359 e. The summed E-state index contributed by atoms with van der Waals surface area (Å²) in [6, 6.07) is 1.86. The fourth-order valence-corrected chi connectivity index (χ4v) is 5.20. The molecule has 1 saturated heterocycles. The fourth-order valence-electron chi connectivity index (χ4n) is 5.20. The van der Waals surface area contributed by atoms with Crippen LogP contribution in [0.5, 0.6) is 0 Å². The molecule has 1 aromatic heterocycles. The van der Waals surface area contributed by atoms with Crippen LogP contribution in [0.15, 0.2) is 34.8 Å². The number of aromatic nitrogens is 1. The number of carbonyl (C=O) groups is 3. The molecule has 1 spiro atoms. The number of anilines is 2. The Hall–Kier alpha value is -3.16. The number of nitrogens with zero attached hydrogens (tertiary/aromatic N) is 2. The molecule has 3 heterocycles. The number of allylic oxidation sites excluding steroid dienone is 3. The number of nitrogens with one attached hydrogen (secondary N) is 3. The summed E-state index contributed by atoms with van der Waals surface area (Å²) >= 11 is 0. The van der Waals surface area contributed by atoms with Gasteiger partial charge in [0.1, 0.15) is 17.2 Å². The third kappa shape index (κ3) is 3.47. The van der Waals surface area contributed by atoms with E-state index in [4.69, 9.17) is 0 Å². The van der Waals surface area contributed by atoms with Crippen molar-refractivity contribution >= 4 is 29.7 Å². The molecule has 0 bridgehead atoms. The topological polar surface area (TPSA) is 103 Å². The first-order valence-corrected chi connectivity index (χ1v) is 11.5. The van der Waals surface area contributed by atoms with Crippen LogP contribution in [0.3, 0.4) is 0 Å². The SMILES string of the molecule is CC1=C(/C(C)=C2/C(=O)NC3(CCCCC3)N2C=O)Cc2cnc(NC(=O)C3CC3)cc2N1. The van der Waals surface area contributed by atoms with Crippen molar-refractivity contribution in [2.45, 2.75) is 70.9 Å². The molecule has 32 heavy (non-hydrogen) atoms. The zero-order chi connectivity index (χ0) is 22.5. The summed E-state index contributed by atoms with van der Waals surface area (Å²) in [4.78, 5) is 43.2. The number of rotatable bonds is 4. The van der Waals surface area contributed by atoms with Crippen molar-refractivity contribution < 1.29 is 14.4 Å². The monoisotopic (exact) mass is 435 g/mol. The highest BCUT2D eigenvalue weighted by Crippen LogP contribution is 2.41. The van der Waals surface area contributed by atoms with Crippen molar-refractivity contribution in [1.82, 2.24) is 15.2 Å². The van der Waals surface area contributed by atoms with Crippen LogP contribution in [0.2, 0.25) is 0 Å². The van der Waals surface area contributed by atoms with Crippen molar-refractivity contribution in [3.63, 3.8) is 0 Å². The highest BCUT2D eigenvalue weighted by Gasteiger charge is 2.49. The van der Waals surface area contributed by atoms with Crippen LogP contribution in [-0.4, -0.2) is 33.8 Å². The van der Waals surface area contributed by atoms with E-state index in [1.54, 1.807) is 11.1 Å². The third-order valence-electron chi connectivity index (χ3n) is 7.19. The van der Waals surface area contributed by atoms with Crippen LogP contribution >= 0.6 is 0 Å². The molecule has 4 aliphatic rings. The molecule has 0 unspecified atom stereocenters. The third-order valence-corrected chi connectivity index (χ3v) is 7.19. The highest BCUT2D eigenvalue weighted by molar-refractivity contribution is 6.00. The summed E-state index contributed by atoms with van der Waals surface area (Å²) in [6.45, 7) is 3.89. The second kappa shape index (κ2) is 7.76. The number of fused-ring (bicyclic) bond motifs is 1. The Kier molecular flexibility index (Phi) is 5.03. The average molecular weight is 436 g/mol. The Morgan fingerprint density at radius 2 is 2.03 bits per heavy atom. The van der Waals surface area contributed by atoms with E-state index in [-0.39, 0.29) is 17.7 Å². The van der Waals surface area contributed by atoms with E-state index < -0.39 is 5.66 Å². The van der Waals surface area contributed by atoms with Gasteiger partial charge in [-0.15, -0.1) is 0 Å². The maximum Gasteiger partial charge on any atom is 0.270 e. The number of hydrogen-bond donors (Lipinski definition) is 3. The van der Waals surface area contributed by atoms with Crippen LogP contribution < -0.4 is 16.0 Å². The summed E-state index contributed by atoms with van der Waals surface area (Å²) in [7, 11) is 0. The lowest BCUT2D eigenvalue weighted by atomic mass is 9.88. The Labute approximate surface area is 187 Å². The van der Waals surface area contributed by atoms with Gasteiger partial charge in [0.2, 0.25) is 12.3 Å². The van der Waals surface area contributed by atoms with Gasteiger partial charge in [-0.2, -0.15) is 0 Å². The molecule has 5 rings (SSSR count). The quantitative estimate of drug-likeness (QED) is 0.498. The summed E-state index contributed by atoms with van der Waals surface area (Å²) in [5.74, 6) is 0.508. The maximum absolute atomic E-state index is 13.0. The first-order valence-electron chi connectivity index (χ1n) is 11.5. The summed E-state index contributed by atoms with van der Waals surface area (Å²) in [6.07, 6.45) is 9.76. The largest absolute Gasteiger partial charge is 0.359 e. The maximum atomic E-state index is 13.0. The van der Waals surface area contributed by atoms with E-state index >= 15 is 0 Å². The van der Waals surface area contributed by atoms with Crippen molar-refractivity contribution in [3.05, 3.63) is 40.4 Å². The van der Waals surface area contributed by atoms with Crippen LogP contribution in [-0.2, 0) is 20.8 Å². The van der Waals surface area contributed by atoms with Crippen LogP contribution in [0, 0.1) is 5.92 Å². The fraction of sp³-hybridized carbons (Fsp3) is 0.500. The molecule has 0 radical (unpaired) electrons. The summed E-state index contributed by atoms with van der Waals surface area (Å²) in [5, 5.41) is 9.41. The molecular weight excluding hydrogens is 406 g/mol. The van der Waals surface area contributed by atoms with Gasteiger partial charge in [-0.3, -0.25) is 19.3 Å². The highest BCUT2D eigenvalue weighted by atomic mass is 16.2. The number of amides is 3. The van der Waals surface area contributed by atoms with E-state index in [1.165, 1.54) is 0 Å². The molecule has 8 heteroatoms. The zero-order valence-electron chi connectivity index (χ0n) is 18.6. The minimum atomic E-state index is -0.585. The molecule has 3 N–H and O–H groups in total. The summed E-state index contributed by atoms with van der Waals surface area (Å²) in [5.41, 5.74) is 4.46. The molecule has 3 fully saturated rings. The molecule has 8 nitrogen and oxygen atoms in total. The lowest BCUT2D eigenvalue weighted by molar-refractivity contribution is -0.121. The van der Waals surface area contributed by atoms with Crippen LogP contribution in [0.4, 0.5) is 11.5 Å². The van der Waals surface area contributed by atoms with Gasteiger partial charge in [-0.1, -0.05) is 6.42 Å². The minimum absolute atomic E-state index is 0.0274. The van der Waals surface area contributed by atoms with Crippen molar-refractivity contribution in [2.75, 3.05) is 10.6 Å². The number of pyridine rings is 1. The van der Waals surface area contributed by atoms with Crippen LogP contribution in [0.25, 0.3) is 0 Å². The van der Waals surface area contributed by atoms with Crippen LogP contribution in [0.1, 0.15) is 64.4 Å². The van der Waals surface area contributed by atoms with E-state index in [0.29, 0.717) is 17.9 Å². The van der Waals surface area contributed by atoms with E-state index in [0.717, 1.165) is 79.4 Å². The van der Waals surface area contributed by atoms with Gasteiger partial charge in [-0.25, -0.2) is 4.98 Å². The molecule has 2 saturated carbocycles. The first kappa shape index (κ1) is 20.7. The lowest BCUT2D eigenvalue weighted by Crippen LogP contribution is -2.52. The zero-order valence-corrected chi connectivity index (χ0v) is 18.6. The molecule has 1 aromatic rings.